The molecular formula is C27H31N5O3S. The van der Waals surface area contributed by atoms with Crippen LogP contribution in [-0.4, -0.2) is 55.4 Å². The van der Waals surface area contributed by atoms with Gasteiger partial charge in [-0.05, 0) is 71.4 Å². The number of carbonyl (C=O) groups is 1. The van der Waals surface area contributed by atoms with Crippen molar-refractivity contribution < 1.29 is 14.3 Å². The maximum Gasteiger partial charge on any atom is 0.410 e. The zero-order valence-electron chi connectivity index (χ0n) is 21.4. The summed E-state index contributed by atoms with van der Waals surface area (Å²) in [6, 6.07) is 6.31. The molecule has 0 unspecified atom stereocenters. The number of ether oxygens (including phenoxy) is 2. The number of carbonyl (C=O) groups excluding carboxylic acids is 1. The molecule has 8 nitrogen and oxygen atoms in total. The number of hydrogen-bond donors (Lipinski definition) is 0. The fourth-order valence-electron chi connectivity index (χ4n) is 5.29. The Labute approximate surface area is 214 Å². The normalized spacial score (nSPS) is 19.2. The SMILES string of the molecule is COc1cc(-c2cnc3cc([C@@H]4CCN(C(=O)OC(C)(C)C)C5(CC5)C4)sc3c2)nn2cc(C)nc12. The average Bonchev–Trinajstić information content (AvgIpc) is 3.26. The summed E-state index contributed by atoms with van der Waals surface area (Å²) in [4.78, 5) is 25.4. The molecule has 4 aromatic heterocycles. The fourth-order valence-corrected chi connectivity index (χ4v) is 6.48. The molecule has 0 N–H and O–H groups in total. The number of rotatable bonds is 3. The van der Waals surface area contributed by atoms with Gasteiger partial charge in [-0.15, -0.1) is 11.3 Å². The van der Waals surface area contributed by atoms with Gasteiger partial charge >= 0.3 is 6.09 Å². The highest BCUT2D eigenvalue weighted by molar-refractivity contribution is 7.19. The molecule has 6 rings (SSSR count). The molecule has 4 aromatic rings. The lowest BCUT2D eigenvalue weighted by molar-refractivity contribution is 0.00385. The minimum Gasteiger partial charge on any atom is -0.493 e. The van der Waals surface area contributed by atoms with Crippen molar-refractivity contribution in [3.8, 4) is 17.0 Å². The van der Waals surface area contributed by atoms with E-state index in [4.69, 9.17) is 19.6 Å². The lowest BCUT2D eigenvalue weighted by Gasteiger charge is -2.40. The number of aryl methyl sites for hydroxylation is 1. The van der Waals surface area contributed by atoms with E-state index in [9.17, 15) is 4.79 Å². The number of methoxy groups -OCH3 is 1. The van der Waals surface area contributed by atoms with Crippen molar-refractivity contribution in [1.29, 1.82) is 0 Å². The van der Waals surface area contributed by atoms with Crippen LogP contribution in [0.15, 0.2) is 30.6 Å². The van der Waals surface area contributed by atoms with Crippen LogP contribution in [0.3, 0.4) is 0 Å². The van der Waals surface area contributed by atoms with Crippen LogP contribution < -0.4 is 4.74 Å². The van der Waals surface area contributed by atoms with Crippen LogP contribution in [0.2, 0.25) is 0 Å². The summed E-state index contributed by atoms with van der Waals surface area (Å²) in [5, 5.41) is 4.75. The maximum atomic E-state index is 12.8. The molecule has 1 aliphatic heterocycles. The zero-order chi connectivity index (χ0) is 25.2. The number of imidazole rings is 1. The molecule has 0 bridgehead atoms. The number of hydrogen-bond acceptors (Lipinski definition) is 7. The summed E-state index contributed by atoms with van der Waals surface area (Å²) in [5.41, 5.74) is 3.82. The Morgan fingerprint density at radius 3 is 2.75 bits per heavy atom. The number of likely N-dealkylation sites (tertiary alicyclic amines) is 1. The smallest absolute Gasteiger partial charge is 0.410 e. The van der Waals surface area contributed by atoms with Gasteiger partial charge in [-0.1, -0.05) is 0 Å². The molecule has 2 fully saturated rings. The third-order valence-electron chi connectivity index (χ3n) is 7.16. The Morgan fingerprint density at radius 1 is 1.22 bits per heavy atom. The van der Waals surface area contributed by atoms with Gasteiger partial charge in [-0.2, -0.15) is 5.10 Å². The molecule has 5 heterocycles. The molecule has 0 aromatic carbocycles. The standard InChI is InChI=1S/C27H31N5O3S/c1-16-15-32-24(29-16)21(34-5)11-19(30-32)18-10-23-20(28-14-18)12-22(36-23)17-6-9-31(27(13-17)7-8-27)25(33)35-26(2,3)4/h10-12,14-15,17H,6-9,13H2,1-5H3/t17-/m1/s1. The van der Waals surface area contributed by atoms with Crippen molar-refractivity contribution in [3.05, 3.63) is 41.2 Å². The largest absolute Gasteiger partial charge is 0.493 e. The third kappa shape index (κ3) is 4.09. The first-order valence-electron chi connectivity index (χ1n) is 12.5. The lowest BCUT2D eigenvalue weighted by atomic mass is 9.88. The van der Waals surface area contributed by atoms with Crippen LogP contribution in [0.1, 0.15) is 62.9 Å². The van der Waals surface area contributed by atoms with Crippen LogP contribution in [0.5, 0.6) is 5.75 Å². The Balaban J connectivity index is 1.26. The van der Waals surface area contributed by atoms with Crippen LogP contribution in [0.4, 0.5) is 4.79 Å². The average molecular weight is 506 g/mol. The Kier molecular flexibility index (Phi) is 5.26. The number of fused-ring (bicyclic) bond motifs is 2. The molecule has 1 aliphatic carbocycles. The van der Waals surface area contributed by atoms with Crippen molar-refractivity contribution in [2.45, 2.75) is 70.4 Å². The number of piperidine rings is 1. The molecule has 9 heteroatoms. The molecule has 2 aliphatic rings. The van der Waals surface area contributed by atoms with Crippen molar-refractivity contribution in [2.24, 2.45) is 0 Å². The predicted octanol–water partition coefficient (Wildman–Crippen LogP) is 5.97. The zero-order valence-corrected chi connectivity index (χ0v) is 22.2. The van der Waals surface area contributed by atoms with Gasteiger partial charge in [0.25, 0.3) is 0 Å². The van der Waals surface area contributed by atoms with Crippen molar-refractivity contribution in [2.75, 3.05) is 13.7 Å². The van der Waals surface area contributed by atoms with E-state index >= 15 is 0 Å². The molecular weight excluding hydrogens is 474 g/mol. The predicted molar refractivity (Wildman–Crippen MR) is 140 cm³/mol. The highest BCUT2D eigenvalue weighted by Gasteiger charge is 2.54. The number of nitrogens with zero attached hydrogens (tertiary/aromatic N) is 5. The fraction of sp³-hybridized carbons (Fsp3) is 0.481. The first-order chi connectivity index (χ1) is 17.1. The second-order valence-electron chi connectivity index (χ2n) is 11.1. The van der Waals surface area contributed by atoms with E-state index in [0.29, 0.717) is 17.3 Å². The summed E-state index contributed by atoms with van der Waals surface area (Å²) in [7, 11) is 1.65. The maximum absolute atomic E-state index is 12.8. The number of aromatic nitrogens is 4. The molecule has 1 saturated heterocycles. The Hall–Kier alpha value is -3.20. The minimum absolute atomic E-state index is 0.0428. The first-order valence-corrected chi connectivity index (χ1v) is 13.3. The van der Waals surface area contributed by atoms with E-state index in [0.717, 1.165) is 59.4 Å². The van der Waals surface area contributed by atoms with Crippen molar-refractivity contribution >= 4 is 33.3 Å². The topological polar surface area (TPSA) is 81.8 Å². The van der Waals surface area contributed by atoms with E-state index in [-0.39, 0.29) is 11.6 Å². The van der Waals surface area contributed by atoms with Gasteiger partial charge in [0, 0.05) is 34.8 Å². The summed E-state index contributed by atoms with van der Waals surface area (Å²) in [6.45, 7) is 8.46. The van der Waals surface area contributed by atoms with Crippen LogP contribution >= 0.6 is 11.3 Å². The van der Waals surface area contributed by atoms with Crippen LogP contribution in [0.25, 0.3) is 27.1 Å². The minimum atomic E-state index is -0.473. The van der Waals surface area contributed by atoms with E-state index in [1.54, 1.807) is 23.0 Å². The van der Waals surface area contributed by atoms with Crippen molar-refractivity contribution in [3.63, 3.8) is 0 Å². The van der Waals surface area contributed by atoms with Crippen LogP contribution in [0, 0.1) is 6.92 Å². The Bertz CT molecular complexity index is 1480. The summed E-state index contributed by atoms with van der Waals surface area (Å²) >= 11 is 1.80. The molecule has 1 amide bonds. The van der Waals surface area contributed by atoms with Gasteiger partial charge in [0.15, 0.2) is 11.4 Å². The molecule has 0 radical (unpaired) electrons. The van der Waals surface area contributed by atoms with Gasteiger partial charge in [-0.3, -0.25) is 4.98 Å². The second-order valence-corrected chi connectivity index (χ2v) is 12.2. The summed E-state index contributed by atoms with van der Waals surface area (Å²) in [5.74, 6) is 1.11. The summed E-state index contributed by atoms with van der Waals surface area (Å²) < 4.78 is 14.2. The molecule has 36 heavy (non-hydrogen) atoms. The molecule has 1 spiro atoms. The van der Waals surface area contributed by atoms with E-state index < -0.39 is 5.60 Å². The summed E-state index contributed by atoms with van der Waals surface area (Å²) in [6.07, 6.45) is 7.64. The number of thiophene rings is 1. The molecule has 188 valence electrons. The number of amides is 1. The van der Waals surface area contributed by atoms with Gasteiger partial charge in [0.2, 0.25) is 0 Å². The quantitative estimate of drug-likeness (QED) is 0.341. The lowest BCUT2D eigenvalue weighted by Crippen LogP contribution is -2.49. The molecule has 1 atom stereocenters. The highest BCUT2D eigenvalue weighted by Crippen LogP contribution is 2.53. The third-order valence-corrected chi connectivity index (χ3v) is 8.39. The number of pyridine rings is 1. The highest BCUT2D eigenvalue weighted by atomic mass is 32.1. The molecule has 1 saturated carbocycles. The van der Waals surface area contributed by atoms with Gasteiger partial charge in [0.1, 0.15) is 5.60 Å². The monoisotopic (exact) mass is 505 g/mol. The van der Waals surface area contributed by atoms with Gasteiger partial charge in [0.05, 0.1) is 34.9 Å². The second kappa shape index (κ2) is 8.16. The van der Waals surface area contributed by atoms with Gasteiger partial charge < -0.3 is 14.4 Å². The van der Waals surface area contributed by atoms with Crippen molar-refractivity contribution in [1.82, 2.24) is 24.5 Å². The van der Waals surface area contributed by atoms with Crippen LogP contribution in [-0.2, 0) is 4.74 Å². The van der Waals surface area contributed by atoms with E-state index in [1.165, 1.54) is 4.88 Å². The first kappa shape index (κ1) is 23.2. The van der Waals surface area contributed by atoms with E-state index in [2.05, 4.69) is 17.1 Å². The van der Waals surface area contributed by atoms with Gasteiger partial charge in [-0.25, -0.2) is 14.3 Å². The Morgan fingerprint density at radius 2 is 2.03 bits per heavy atom. The van der Waals surface area contributed by atoms with E-state index in [1.807, 2.05) is 51.1 Å².